The second-order valence-corrected chi connectivity index (χ2v) is 9.15. The number of rotatable bonds is 6. The van der Waals surface area contributed by atoms with Crippen molar-refractivity contribution in [2.75, 3.05) is 0 Å². The van der Waals surface area contributed by atoms with Crippen molar-refractivity contribution >= 4 is 5.97 Å². The molecule has 0 aromatic rings. The molecule has 22 heavy (non-hydrogen) atoms. The molecule has 1 fully saturated rings. The molecule has 0 aliphatic heterocycles. The highest BCUT2D eigenvalue weighted by Gasteiger charge is 2.37. The standard InChI is InChI=1S/C20H38O2/c1-8-13-20(7,14-15(2)3)18(21)22-17-11-9-16(10-12-17)19(4,5)6/h15-17H,8-14H2,1-7H3. The minimum Gasteiger partial charge on any atom is -0.462 e. The van der Waals surface area contributed by atoms with Gasteiger partial charge in [0, 0.05) is 0 Å². The van der Waals surface area contributed by atoms with Crippen LogP contribution in [-0.4, -0.2) is 12.1 Å². The molecule has 0 spiro atoms. The summed E-state index contributed by atoms with van der Waals surface area (Å²) in [7, 11) is 0. The van der Waals surface area contributed by atoms with E-state index in [2.05, 4.69) is 48.5 Å². The van der Waals surface area contributed by atoms with E-state index in [0.29, 0.717) is 11.3 Å². The Morgan fingerprint density at radius 3 is 2.05 bits per heavy atom. The number of ether oxygens (including phenoxy) is 1. The molecule has 0 amide bonds. The minimum atomic E-state index is -0.302. The Kier molecular flexibility index (Phi) is 6.95. The van der Waals surface area contributed by atoms with Crippen molar-refractivity contribution in [2.24, 2.45) is 22.7 Å². The normalized spacial score (nSPS) is 25.8. The average molecular weight is 311 g/mol. The first-order valence-corrected chi connectivity index (χ1v) is 9.29. The molecule has 1 saturated carbocycles. The van der Waals surface area contributed by atoms with Crippen LogP contribution in [0.5, 0.6) is 0 Å². The molecule has 1 atom stereocenters. The summed E-state index contributed by atoms with van der Waals surface area (Å²) < 4.78 is 5.93. The summed E-state index contributed by atoms with van der Waals surface area (Å²) >= 11 is 0. The number of carbonyl (C=O) groups is 1. The van der Waals surface area contributed by atoms with Crippen LogP contribution in [0.15, 0.2) is 0 Å². The Bertz CT molecular complexity index is 345. The predicted octanol–water partition coefficient (Wildman–Crippen LogP) is 5.99. The van der Waals surface area contributed by atoms with Crippen LogP contribution >= 0.6 is 0 Å². The molecule has 0 bridgehead atoms. The number of hydrogen-bond acceptors (Lipinski definition) is 2. The molecular weight excluding hydrogens is 272 g/mol. The maximum atomic E-state index is 12.7. The molecule has 0 heterocycles. The molecule has 0 aromatic heterocycles. The van der Waals surface area contributed by atoms with Gasteiger partial charge < -0.3 is 4.74 Å². The molecule has 1 aliphatic carbocycles. The maximum absolute atomic E-state index is 12.7. The van der Waals surface area contributed by atoms with Crippen LogP contribution in [0.2, 0.25) is 0 Å². The SMILES string of the molecule is CCCC(C)(CC(C)C)C(=O)OC1CCC(C(C)(C)C)CC1. The highest BCUT2D eigenvalue weighted by Crippen LogP contribution is 2.40. The Morgan fingerprint density at radius 1 is 1.09 bits per heavy atom. The number of carbonyl (C=O) groups excluding carboxylic acids is 1. The van der Waals surface area contributed by atoms with Crippen molar-refractivity contribution in [3.63, 3.8) is 0 Å². The van der Waals surface area contributed by atoms with Crippen LogP contribution in [0.1, 0.15) is 93.4 Å². The number of hydrogen-bond donors (Lipinski definition) is 0. The summed E-state index contributed by atoms with van der Waals surface area (Å²) in [5.41, 5.74) is 0.0765. The van der Waals surface area contributed by atoms with E-state index in [9.17, 15) is 4.79 Å². The van der Waals surface area contributed by atoms with E-state index in [1.807, 2.05) is 0 Å². The monoisotopic (exact) mass is 310 g/mol. The number of esters is 1. The van der Waals surface area contributed by atoms with Crippen LogP contribution < -0.4 is 0 Å². The van der Waals surface area contributed by atoms with E-state index in [-0.39, 0.29) is 17.5 Å². The van der Waals surface area contributed by atoms with Crippen molar-refractivity contribution in [1.82, 2.24) is 0 Å². The molecule has 2 nitrogen and oxygen atoms in total. The summed E-state index contributed by atoms with van der Waals surface area (Å²) in [5.74, 6) is 1.34. The van der Waals surface area contributed by atoms with Crippen molar-refractivity contribution in [3.8, 4) is 0 Å². The quantitative estimate of drug-likeness (QED) is 0.563. The van der Waals surface area contributed by atoms with E-state index in [4.69, 9.17) is 4.74 Å². The molecule has 1 unspecified atom stereocenters. The summed E-state index contributed by atoms with van der Waals surface area (Å²) in [5, 5.41) is 0. The zero-order chi connectivity index (χ0) is 17.0. The lowest BCUT2D eigenvalue weighted by Crippen LogP contribution is -2.36. The lowest BCUT2D eigenvalue weighted by Gasteiger charge is -2.38. The van der Waals surface area contributed by atoms with Gasteiger partial charge in [-0.2, -0.15) is 0 Å². The molecular formula is C20H38O2. The fraction of sp³-hybridized carbons (Fsp3) is 0.950. The molecule has 2 heteroatoms. The third-order valence-electron chi connectivity index (χ3n) is 5.33. The van der Waals surface area contributed by atoms with Crippen molar-refractivity contribution in [3.05, 3.63) is 0 Å². The summed E-state index contributed by atoms with van der Waals surface area (Å²) in [6, 6.07) is 0. The Balaban J connectivity index is 2.57. The van der Waals surface area contributed by atoms with Crippen molar-refractivity contribution < 1.29 is 9.53 Å². The fourth-order valence-corrected chi connectivity index (χ4v) is 4.08. The van der Waals surface area contributed by atoms with E-state index >= 15 is 0 Å². The van der Waals surface area contributed by atoms with E-state index in [1.165, 1.54) is 12.8 Å². The zero-order valence-corrected chi connectivity index (χ0v) is 16.0. The molecule has 0 N–H and O–H groups in total. The molecule has 1 aliphatic rings. The van der Waals surface area contributed by atoms with Gasteiger partial charge in [0.05, 0.1) is 5.41 Å². The van der Waals surface area contributed by atoms with Crippen LogP contribution in [0.3, 0.4) is 0 Å². The van der Waals surface area contributed by atoms with Crippen LogP contribution in [0, 0.1) is 22.7 Å². The lowest BCUT2D eigenvalue weighted by atomic mass is 9.72. The van der Waals surface area contributed by atoms with Crippen LogP contribution in [0.25, 0.3) is 0 Å². The Hall–Kier alpha value is -0.530. The third kappa shape index (κ3) is 5.59. The highest BCUT2D eigenvalue weighted by molar-refractivity contribution is 5.76. The molecule has 1 rings (SSSR count). The molecule has 130 valence electrons. The smallest absolute Gasteiger partial charge is 0.312 e. The highest BCUT2D eigenvalue weighted by atomic mass is 16.5. The van der Waals surface area contributed by atoms with Gasteiger partial charge in [0.25, 0.3) is 0 Å². The van der Waals surface area contributed by atoms with E-state index in [1.54, 1.807) is 0 Å². The topological polar surface area (TPSA) is 26.3 Å². The van der Waals surface area contributed by atoms with Gasteiger partial charge >= 0.3 is 5.97 Å². The van der Waals surface area contributed by atoms with Crippen molar-refractivity contribution in [2.45, 2.75) is 99.5 Å². The van der Waals surface area contributed by atoms with Gasteiger partial charge in [0.1, 0.15) is 6.10 Å². The average Bonchev–Trinajstić information content (AvgIpc) is 2.37. The first kappa shape index (κ1) is 19.5. The van der Waals surface area contributed by atoms with Crippen LogP contribution in [-0.2, 0) is 9.53 Å². The van der Waals surface area contributed by atoms with Gasteiger partial charge in [-0.15, -0.1) is 0 Å². The van der Waals surface area contributed by atoms with Gasteiger partial charge in [-0.05, 0) is 62.7 Å². The zero-order valence-electron chi connectivity index (χ0n) is 16.0. The second kappa shape index (κ2) is 7.84. The summed E-state index contributed by atoms with van der Waals surface area (Å²) in [6.45, 7) is 15.6. The van der Waals surface area contributed by atoms with Crippen molar-refractivity contribution in [1.29, 1.82) is 0 Å². The van der Waals surface area contributed by atoms with E-state index in [0.717, 1.165) is 38.0 Å². The van der Waals surface area contributed by atoms with Gasteiger partial charge in [0.2, 0.25) is 0 Å². The largest absolute Gasteiger partial charge is 0.462 e. The Labute approximate surface area is 138 Å². The Morgan fingerprint density at radius 2 is 1.64 bits per heavy atom. The molecule has 0 aromatic carbocycles. The third-order valence-corrected chi connectivity index (χ3v) is 5.33. The fourth-order valence-electron chi connectivity index (χ4n) is 4.08. The van der Waals surface area contributed by atoms with E-state index < -0.39 is 0 Å². The minimum absolute atomic E-state index is 0.0438. The second-order valence-electron chi connectivity index (χ2n) is 9.15. The van der Waals surface area contributed by atoms with Gasteiger partial charge in [-0.1, -0.05) is 48.0 Å². The first-order valence-electron chi connectivity index (χ1n) is 9.29. The van der Waals surface area contributed by atoms with Gasteiger partial charge in [0.15, 0.2) is 0 Å². The first-order chi connectivity index (χ1) is 10.1. The van der Waals surface area contributed by atoms with Gasteiger partial charge in [-0.25, -0.2) is 0 Å². The molecule has 0 radical (unpaired) electrons. The predicted molar refractivity (Wildman–Crippen MR) is 93.8 cm³/mol. The molecule has 0 saturated heterocycles. The maximum Gasteiger partial charge on any atom is 0.312 e. The summed E-state index contributed by atoms with van der Waals surface area (Å²) in [6.07, 6.45) is 7.50. The summed E-state index contributed by atoms with van der Waals surface area (Å²) in [4.78, 5) is 12.7. The van der Waals surface area contributed by atoms with Crippen LogP contribution in [0.4, 0.5) is 0 Å². The van der Waals surface area contributed by atoms with Gasteiger partial charge in [-0.3, -0.25) is 4.79 Å². The lowest BCUT2D eigenvalue weighted by molar-refractivity contribution is -0.164.